The highest BCUT2D eigenvalue weighted by Gasteiger charge is 2.36. The molecule has 0 N–H and O–H groups in total. The zero-order valence-corrected chi connectivity index (χ0v) is 11.8. The summed E-state index contributed by atoms with van der Waals surface area (Å²) in [4.78, 5) is 2.39. The molecule has 3 aliphatic heterocycles. The number of rotatable bonds is 0. The molecule has 21 heavy (non-hydrogen) atoms. The molecule has 1 fully saturated rings. The van der Waals surface area contributed by atoms with Gasteiger partial charge in [0.1, 0.15) is 11.9 Å². The average Bonchev–Trinajstić information content (AvgIpc) is 2.98. The topological polar surface area (TPSA) is 21.7 Å². The standard InChI is InChI=1S/C18H17NO2/c1-2-4-14-10-19-6-5-13-8-17-18(21-11-20-17)9-15(13)16(19)7-12(14)3-1/h1-4,7,9-10,13,17H,5-6,8,11H2. The first-order valence-electron chi connectivity index (χ1n) is 7.64. The van der Waals surface area contributed by atoms with E-state index in [4.69, 9.17) is 9.47 Å². The maximum atomic E-state index is 5.65. The summed E-state index contributed by atoms with van der Waals surface area (Å²) in [6.07, 6.45) is 9.27. The first-order chi connectivity index (χ1) is 10.4. The van der Waals surface area contributed by atoms with Crippen molar-refractivity contribution in [2.45, 2.75) is 18.9 Å². The molecule has 1 aromatic carbocycles. The molecule has 5 rings (SSSR count). The second-order valence-corrected chi connectivity index (χ2v) is 6.12. The van der Waals surface area contributed by atoms with Crippen molar-refractivity contribution in [3.8, 4) is 0 Å². The summed E-state index contributed by atoms with van der Waals surface area (Å²) in [5.74, 6) is 1.62. The van der Waals surface area contributed by atoms with Crippen LogP contribution in [0.15, 0.2) is 47.4 Å². The van der Waals surface area contributed by atoms with Crippen molar-refractivity contribution in [2.24, 2.45) is 5.92 Å². The molecular formula is C18H17NO2. The molecule has 0 saturated carbocycles. The van der Waals surface area contributed by atoms with Crippen LogP contribution in [-0.2, 0) is 9.47 Å². The summed E-state index contributed by atoms with van der Waals surface area (Å²) in [5, 5.41) is 2.61. The third-order valence-corrected chi connectivity index (χ3v) is 4.96. The molecule has 106 valence electrons. The lowest BCUT2D eigenvalue weighted by molar-refractivity contribution is 0.0429. The number of hydrogen-bond acceptors (Lipinski definition) is 3. The monoisotopic (exact) mass is 279 g/mol. The summed E-state index contributed by atoms with van der Waals surface area (Å²) in [6, 6.07) is 8.58. The first kappa shape index (κ1) is 11.6. The lowest BCUT2D eigenvalue weighted by Gasteiger charge is -2.38. The van der Waals surface area contributed by atoms with Gasteiger partial charge in [0.15, 0.2) is 6.79 Å². The van der Waals surface area contributed by atoms with E-state index in [2.05, 4.69) is 47.5 Å². The summed E-state index contributed by atoms with van der Waals surface area (Å²) in [7, 11) is 0. The van der Waals surface area contributed by atoms with Gasteiger partial charge in [-0.2, -0.15) is 0 Å². The zero-order chi connectivity index (χ0) is 13.8. The van der Waals surface area contributed by atoms with Crippen LogP contribution in [0.25, 0.3) is 12.3 Å². The Labute approximate surface area is 123 Å². The largest absolute Gasteiger partial charge is 0.469 e. The van der Waals surface area contributed by atoms with Crippen LogP contribution in [0.5, 0.6) is 0 Å². The number of benzene rings is 1. The average molecular weight is 279 g/mol. The van der Waals surface area contributed by atoms with Crippen LogP contribution >= 0.6 is 0 Å². The first-order valence-corrected chi connectivity index (χ1v) is 7.64. The third-order valence-electron chi connectivity index (χ3n) is 4.96. The number of fused-ring (bicyclic) bond motifs is 4. The van der Waals surface area contributed by atoms with Crippen molar-refractivity contribution < 1.29 is 9.47 Å². The lowest BCUT2D eigenvalue weighted by Crippen LogP contribution is -2.39. The summed E-state index contributed by atoms with van der Waals surface area (Å²) < 4.78 is 11.3. The molecule has 0 amide bonds. The SMILES string of the molecule is C1=C2OCOC2CC2CCN3C=c4ccccc4=CC3=C12. The second kappa shape index (κ2) is 4.25. The third kappa shape index (κ3) is 1.70. The molecular weight excluding hydrogens is 262 g/mol. The Morgan fingerprint density at radius 2 is 2.00 bits per heavy atom. The number of nitrogens with zero attached hydrogens (tertiary/aromatic N) is 1. The molecule has 4 aliphatic rings. The van der Waals surface area contributed by atoms with E-state index in [1.165, 1.54) is 28.1 Å². The van der Waals surface area contributed by atoms with Gasteiger partial charge in [-0.15, -0.1) is 0 Å². The number of ether oxygens (including phenoxy) is 2. The fourth-order valence-electron chi connectivity index (χ4n) is 3.85. The van der Waals surface area contributed by atoms with Crippen molar-refractivity contribution in [3.05, 3.63) is 57.8 Å². The van der Waals surface area contributed by atoms with Crippen LogP contribution in [0.4, 0.5) is 0 Å². The predicted molar refractivity (Wildman–Crippen MR) is 80.0 cm³/mol. The zero-order valence-electron chi connectivity index (χ0n) is 11.8. The van der Waals surface area contributed by atoms with Crippen molar-refractivity contribution in [3.63, 3.8) is 0 Å². The molecule has 1 saturated heterocycles. The number of allylic oxidation sites excluding steroid dienone is 3. The van der Waals surface area contributed by atoms with Gasteiger partial charge in [0.05, 0.1) is 0 Å². The summed E-state index contributed by atoms with van der Waals surface area (Å²) in [6.45, 7) is 1.50. The van der Waals surface area contributed by atoms with E-state index < -0.39 is 0 Å². The van der Waals surface area contributed by atoms with Crippen molar-refractivity contribution in [1.29, 1.82) is 0 Å². The minimum Gasteiger partial charge on any atom is -0.469 e. The van der Waals surface area contributed by atoms with Gasteiger partial charge in [-0.1, -0.05) is 24.3 Å². The van der Waals surface area contributed by atoms with Crippen molar-refractivity contribution in [1.82, 2.24) is 4.90 Å². The van der Waals surface area contributed by atoms with Crippen LogP contribution < -0.4 is 10.4 Å². The van der Waals surface area contributed by atoms with Crippen molar-refractivity contribution >= 4 is 12.3 Å². The van der Waals surface area contributed by atoms with E-state index in [0.29, 0.717) is 12.7 Å². The summed E-state index contributed by atoms with van der Waals surface area (Å²) in [5.41, 5.74) is 2.76. The van der Waals surface area contributed by atoms with Gasteiger partial charge in [0.2, 0.25) is 0 Å². The number of hydrogen-bond donors (Lipinski definition) is 0. The maximum absolute atomic E-state index is 5.65. The molecule has 0 aromatic heterocycles. The highest BCUT2D eigenvalue weighted by Crippen LogP contribution is 2.41. The van der Waals surface area contributed by atoms with Crippen LogP contribution in [0.2, 0.25) is 0 Å². The van der Waals surface area contributed by atoms with Gasteiger partial charge in [-0.3, -0.25) is 0 Å². The van der Waals surface area contributed by atoms with E-state index in [1.807, 2.05) is 0 Å². The van der Waals surface area contributed by atoms with Gasteiger partial charge in [-0.05, 0) is 46.9 Å². The normalized spacial score (nSPS) is 29.1. The van der Waals surface area contributed by atoms with Crippen LogP contribution in [0.3, 0.4) is 0 Å². The lowest BCUT2D eigenvalue weighted by atomic mass is 9.80. The molecule has 1 aliphatic carbocycles. The highest BCUT2D eigenvalue weighted by molar-refractivity contribution is 5.60. The van der Waals surface area contributed by atoms with Crippen LogP contribution in [0, 0.1) is 5.92 Å². The van der Waals surface area contributed by atoms with E-state index >= 15 is 0 Å². The smallest absolute Gasteiger partial charge is 0.189 e. The molecule has 0 bridgehead atoms. The molecule has 2 unspecified atom stereocenters. The Balaban J connectivity index is 1.72. The fourth-order valence-corrected chi connectivity index (χ4v) is 3.85. The quantitative estimate of drug-likeness (QED) is 0.717. The maximum Gasteiger partial charge on any atom is 0.189 e. The molecule has 3 nitrogen and oxygen atoms in total. The van der Waals surface area contributed by atoms with Gasteiger partial charge >= 0.3 is 0 Å². The highest BCUT2D eigenvalue weighted by atomic mass is 16.7. The molecule has 3 heterocycles. The predicted octanol–water partition coefficient (Wildman–Crippen LogP) is 1.46. The van der Waals surface area contributed by atoms with Crippen LogP contribution in [0.1, 0.15) is 12.8 Å². The Bertz CT molecular complexity index is 790. The Morgan fingerprint density at radius 1 is 1.10 bits per heavy atom. The Hall–Kier alpha value is -2.00. The van der Waals surface area contributed by atoms with Gasteiger partial charge in [0.25, 0.3) is 0 Å². The van der Waals surface area contributed by atoms with Gasteiger partial charge in [0, 0.05) is 18.4 Å². The van der Waals surface area contributed by atoms with E-state index in [0.717, 1.165) is 18.7 Å². The van der Waals surface area contributed by atoms with Crippen molar-refractivity contribution in [2.75, 3.05) is 13.3 Å². The molecule has 0 spiro atoms. The van der Waals surface area contributed by atoms with Crippen LogP contribution in [-0.4, -0.2) is 24.3 Å². The Kier molecular flexibility index (Phi) is 2.35. The Morgan fingerprint density at radius 3 is 2.95 bits per heavy atom. The summed E-state index contributed by atoms with van der Waals surface area (Å²) >= 11 is 0. The van der Waals surface area contributed by atoms with E-state index in [9.17, 15) is 0 Å². The molecule has 3 heteroatoms. The van der Waals surface area contributed by atoms with E-state index in [1.54, 1.807) is 0 Å². The fraction of sp³-hybridized carbons (Fsp3) is 0.333. The van der Waals surface area contributed by atoms with E-state index in [-0.39, 0.29) is 6.10 Å². The van der Waals surface area contributed by atoms with Gasteiger partial charge in [-0.25, -0.2) is 0 Å². The minimum absolute atomic E-state index is 0.186. The van der Waals surface area contributed by atoms with Gasteiger partial charge < -0.3 is 14.4 Å². The molecule has 0 radical (unpaired) electrons. The minimum atomic E-state index is 0.186. The molecule has 1 aromatic rings. The molecule has 2 atom stereocenters. The second-order valence-electron chi connectivity index (χ2n) is 6.12.